The van der Waals surface area contributed by atoms with Crippen molar-refractivity contribution < 1.29 is 0 Å². The maximum atomic E-state index is 5.93. The molecule has 102 valence electrons. The van der Waals surface area contributed by atoms with Gasteiger partial charge in [-0.05, 0) is 24.4 Å². The van der Waals surface area contributed by atoms with Crippen molar-refractivity contribution in [2.45, 2.75) is 12.8 Å². The third-order valence-corrected chi connectivity index (χ3v) is 3.73. The van der Waals surface area contributed by atoms with Gasteiger partial charge in [0.1, 0.15) is 0 Å². The summed E-state index contributed by atoms with van der Waals surface area (Å²) in [4.78, 5) is 14.8. The molecule has 0 saturated carbocycles. The Balaban J connectivity index is 1.91. The number of rotatable bonds is 6. The molecule has 0 radical (unpaired) electrons. The molecule has 0 aliphatic carbocycles. The van der Waals surface area contributed by atoms with Crippen molar-refractivity contribution in [3.8, 4) is 12.3 Å². The van der Waals surface area contributed by atoms with Crippen LogP contribution in [0.4, 0.5) is 11.9 Å². The van der Waals surface area contributed by atoms with Gasteiger partial charge >= 0.3 is 0 Å². The second-order valence-electron chi connectivity index (χ2n) is 4.11. The van der Waals surface area contributed by atoms with E-state index in [-0.39, 0.29) is 5.28 Å². The molecule has 1 saturated heterocycles. The van der Waals surface area contributed by atoms with E-state index in [1.165, 1.54) is 12.8 Å². The average Bonchev–Trinajstić information content (AvgIpc) is 2.92. The molecular formula is C12H16ClN5S. The summed E-state index contributed by atoms with van der Waals surface area (Å²) in [7, 11) is 0. The maximum absolute atomic E-state index is 5.93. The average molecular weight is 298 g/mol. The van der Waals surface area contributed by atoms with E-state index in [4.69, 9.17) is 18.0 Å². The number of thioether (sulfide) groups is 1. The quantitative estimate of drug-likeness (QED) is 0.639. The van der Waals surface area contributed by atoms with Crippen LogP contribution in [0.1, 0.15) is 12.8 Å². The van der Waals surface area contributed by atoms with E-state index in [2.05, 4.69) is 31.1 Å². The summed E-state index contributed by atoms with van der Waals surface area (Å²) in [5.41, 5.74) is 0. The minimum absolute atomic E-state index is 0.232. The molecule has 5 nitrogen and oxygen atoms in total. The van der Waals surface area contributed by atoms with Gasteiger partial charge in [0.2, 0.25) is 17.2 Å². The Bertz CT molecular complexity index is 456. The molecule has 1 aliphatic rings. The molecule has 0 aromatic carbocycles. The Kier molecular flexibility index (Phi) is 5.55. The van der Waals surface area contributed by atoms with Gasteiger partial charge in [0.05, 0.1) is 5.75 Å². The zero-order chi connectivity index (χ0) is 13.5. The molecule has 7 heteroatoms. The number of terminal acetylenes is 1. The van der Waals surface area contributed by atoms with E-state index in [1.54, 1.807) is 11.8 Å². The van der Waals surface area contributed by atoms with Gasteiger partial charge in [0, 0.05) is 25.4 Å². The van der Waals surface area contributed by atoms with E-state index in [9.17, 15) is 0 Å². The van der Waals surface area contributed by atoms with Gasteiger partial charge in [-0.15, -0.1) is 18.2 Å². The van der Waals surface area contributed by atoms with Crippen LogP contribution >= 0.6 is 23.4 Å². The van der Waals surface area contributed by atoms with Crippen LogP contribution in [0.3, 0.4) is 0 Å². The maximum Gasteiger partial charge on any atom is 0.231 e. The van der Waals surface area contributed by atoms with Crippen LogP contribution in [0.5, 0.6) is 0 Å². The Morgan fingerprint density at radius 1 is 1.32 bits per heavy atom. The van der Waals surface area contributed by atoms with Gasteiger partial charge in [-0.25, -0.2) is 0 Å². The molecule has 1 aliphatic heterocycles. The Hall–Kier alpha value is -1.19. The Morgan fingerprint density at radius 2 is 2.11 bits per heavy atom. The van der Waals surface area contributed by atoms with Crippen molar-refractivity contribution in [2.24, 2.45) is 0 Å². The largest absolute Gasteiger partial charge is 0.353 e. The van der Waals surface area contributed by atoms with Gasteiger partial charge in [0.15, 0.2) is 0 Å². The van der Waals surface area contributed by atoms with E-state index in [0.717, 1.165) is 31.1 Å². The fraction of sp³-hybridized carbons (Fsp3) is 0.583. The minimum atomic E-state index is 0.232. The first-order chi connectivity index (χ1) is 9.29. The summed E-state index contributed by atoms with van der Waals surface area (Å²) in [5.74, 6) is 5.41. The highest BCUT2D eigenvalue weighted by atomic mass is 35.5. The second-order valence-corrected chi connectivity index (χ2v) is 5.55. The molecule has 0 amide bonds. The molecule has 2 rings (SSSR count). The third-order valence-electron chi connectivity index (χ3n) is 2.70. The molecule has 0 bridgehead atoms. The summed E-state index contributed by atoms with van der Waals surface area (Å²) >= 11 is 7.62. The number of hydrogen-bond donors (Lipinski definition) is 1. The van der Waals surface area contributed by atoms with E-state index >= 15 is 0 Å². The summed E-state index contributed by atoms with van der Waals surface area (Å²) in [5, 5.41) is 3.38. The lowest BCUT2D eigenvalue weighted by Crippen LogP contribution is -2.21. The van der Waals surface area contributed by atoms with Gasteiger partial charge in [-0.2, -0.15) is 15.0 Å². The number of anilines is 2. The summed E-state index contributed by atoms with van der Waals surface area (Å²) in [6.07, 6.45) is 7.54. The van der Waals surface area contributed by atoms with Crippen LogP contribution in [0.25, 0.3) is 0 Å². The molecule has 0 unspecified atom stereocenters. The number of halogens is 1. The van der Waals surface area contributed by atoms with Crippen LogP contribution < -0.4 is 10.2 Å². The number of hydrogen-bond acceptors (Lipinski definition) is 6. The molecule has 1 aromatic heterocycles. The standard InChI is InChI=1S/C12H16ClN5S/c1-2-8-19-9-5-14-11-15-10(13)16-12(17-11)18-6-3-4-7-18/h1H,3-9H2,(H,14,15,16,17). The summed E-state index contributed by atoms with van der Waals surface area (Å²) in [6.45, 7) is 2.72. The van der Waals surface area contributed by atoms with Gasteiger partial charge < -0.3 is 10.2 Å². The summed E-state index contributed by atoms with van der Waals surface area (Å²) in [6, 6.07) is 0. The SMILES string of the molecule is C#CCSCCNc1nc(Cl)nc(N2CCCC2)n1. The monoisotopic (exact) mass is 297 g/mol. The van der Waals surface area contributed by atoms with Crippen LogP contribution in [0.2, 0.25) is 5.28 Å². The number of nitrogens with zero attached hydrogens (tertiary/aromatic N) is 4. The first-order valence-corrected chi connectivity index (χ1v) is 7.74. The highest BCUT2D eigenvalue weighted by Crippen LogP contribution is 2.18. The third kappa shape index (κ3) is 4.44. The number of aromatic nitrogens is 3. The molecule has 2 heterocycles. The summed E-state index contributed by atoms with van der Waals surface area (Å²) < 4.78 is 0. The highest BCUT2D eigenvalue weighted by Gasteiger charge is 2.16. The first kappa shape index (κ1) is 14.2. The van der Waals surface area contributed by atoms with Crippen LogP contribution in [0.15, 0.2) is 0 Å². The molecular weight excluding hydrogens is 282 g/mol. The topological polar surface area (TPSA) is 53.9 Å². The molecule has 19 heavy (non-hydrogen) atoms. The lowest BCUT2D eigenvalue weighted by Gasteiger charge is -2.15. The van der Waals surface area contributed by atoms with Gasteiger partial charge in [0.25, 0.3) is 0 Å². The normalized spacial score (nSPS) is 14.4. The lowest BCUT2D eigenvalue weighted by molar-refractivity contribution is 0.878. The molecule has 1 aromatic rings. The van der Waals surface area contributed by atoms with Crippen molar-refractivity contribution >= 4 is 35.3 Å². The van der Waals surface area contributed by atoms with Crippen LogP contribution in [-0.4, -0.2) is 46.1 Å². The van der Waals surface area contributed by atoms with E-state index in [0.29, 0.717) is 11.9 Å². The fourth-order valence-electron chi connectivity index (χ4n) is 1.84. The van der Waals surface area contributed by atoms with Crippen molar-refractivity contribution in [3.05, 3.63) is 5.28 Å². The first-order valence-electron chi connectivity index (χ1n) is 6.21. The van der Waals surface area contributed by atoms with Gasteiger partial charge in [-0.3, -0.25) is 0 Å². The van der Waals surface area contributed by atoms with E-state index < -0.39 is 0 Å². The smallest absolute Gasteiger partial charge is 0.231 e. The molecule has 1 N–H and O–H groups in total. The van der Waals surface area contributed by atoms with Gasteiger partial charge in [-0.1, -0.05) is 5.92 Å². The van der Waals surface area contributed by atoms with Crippen molar-refractivity contribution in [1.29, 1.82) is 0 Å². The van der Waals surface area contributed by atoms with E-state index in [1.807, 2.05) is 0 Å². The second kappa shape index (κ2) is 7.41. The van der Waals surface area contributed by atoms with Crippen molar-refractivity contribution in [2.75, 3.05) is 41.4 Å². The van der Waals surface area contributed by atoms with Crippen LogP contribution in [0, 0.1) is 12.3 Å². The molecule has 0 spiro atoms. The van der Waals surface area contributed by atoms with Crippen molar-refractivity contribution in [3.63, 3.8) is 0 Å². The predicted octanol–water partition coefficient (Wildman–Crippen LogP) is 1.90. The molecule has 0 atom stereocenters. The molecule has 1 fully saturated rings. The predicted molar refractivity (Wildman–Crippen MR) is 80.9 cm³/mol. The van der Waals surface area contributed by atoms with Crippen LogP contribution in [-0.2, 0) is 0 Å². The van der Waals surface area contributed by atoms with Crippen molar-refractivity contribution in [1.82, 2.24) is 15.0 Å². The lowest BCUT2D eigenvalue weighted by atomic mass is 10.4. The zero-order valence-corrected chi connectivity index (χ0v) is 12.2. The highest BCUT2D eigenvalue weighted by molar-refractivity contribution is 7.99. The minimum Gasteiger partial charge on any atom is -0.353 e. The Labute approximate surface area is 122 Å². The fourth-order valence-corrected chi connectivity index (χ4v) is 2.51. The zero-order valence-electron chi connectivity index (χ0n) is 10.6. The Morgan fingerprint density at radius 3 is 2.84 bits per heavy atom. The number of nitrogens with one attached hydrogen (secondary N) is 1.